The Hall–Kier alpha value is -1.97. The van der Waals surface area contributed by atoms with Crippen LogP contribution < -0.4 is 0 Å². The highest BCUT2D eigenvalue weighted by Gasteiger charge is 2.31. The topological polar surface area (TPSA) is 138 Å². The molecule has 1 aromatic carbocycles. The number of aromatic carboxylic acids is 1. The Morgan fingerprint density at radius 1 is 1.38 bits per heavy atom. The van der Waals surface area contributed by atoms with Gasteiger partial charge < -0.3 is 15.3 Å². The molecule has 3 N–H and O–H groups in total. The van der Waals surface area contributed by atoms with Gasteiger partial charge in [-0.05, 0) is 6.07 Å². The number of aliphatic hydroxyl groups excluding tert-OH is 2. The number of hydrogen-bond donors (Lipinski definition) is 3. The van der Waals surface area contributed by atoms with Crippen molar-refractivity contribution in [2.24, 2.45) is 0 Å². The van der Waals surface area contributed by atoms with Gasteiger partial charge in [-0.25, -0.2) is 4.79 Å². The molecule has 21 heavy (non-hydrogen) atoms. The summed E-state index contributed by atoms with van der Waals surface area (Å²) in [6, 6.07) is 3.31. The van der Waals surface area contributed by atoms with E-state index in [2.05, 4.69) is 0 Å². The summed E-state index contributed by atoms with van der Waals surface area (Å²) in [5.74, 6) is -1.67. The zero-order valence-electron chi connectivity index (χ0n) is 10.9. The Morgan fingerprint density at radius 3 is 2.48 bits per heavy atom. The maximum absolute atomic E-state index is 11.1. The Kier molecular flexibility index (Phi) is 5.82. The average Bonchev–Trinajstić information content (AvgIpc) is 2.42. The minimum atomic E-state index is -1.79. The van der Waals surface area contributed by atoms with Crippen molar-refractivity contribution in [1.82, 2.24) is 0 Å². The predicted octanol–water partition coefficient (Wildman–Crippen LogP) is 0.967. The Balaban J connectivity index is 3.22. The van der Waals surface area contributed by atoms with Gasteiger partial charge in [0.15, 0.2) is 5.12 Å². The summed E-state index contributed by atoms with van der Waals surface area (Å²) >= 11 is 0.725. The van der Waals surface area contributed by atoms with Crippen molar-refractivity contribution in [3.63, 3.8) is 0 Å². The molecule has 0 saturated heterocycles. The quantitative estimate of drug-likeness (QED) is 0.521. The molecule has 0 fully saturated rings. The van der Waals surface area contributed by atoms with Crippen LogP contribution in [0.25, 0.3) is 0 Å². The molecule has 0 aliphatic rings. The van der Waals surface area contributed by atoms with Gasteiger partial charge in [-0.3, -0.25) is 14.9 Å². The molecule has 8 nitrogen and oxygen atoms in total. The van der Waals surface area contributed by atoms with Gasteiger partial charge in [0.2, 0.25) is 0 Å². The van der Waals surface area contributed by atoms with E-state index < -0.39 is 39.9 Å². The van der Waals surface area contributed by atoms with Gasteiger partial charge in [0, 0.05) is 18.7 Å². The number of nitro groups is 1. The van der Waals surface area contributed by atoms with Crippen LogP contribution in [0.2, 0.25) is 0 Å². The van der Waals surface area contributed by atoms with Crippen LogP contribution in [0.5, 0.6) is 0 Å². The number of hydrogen-bond acceptors (Lipinski definition) is 7. The lowest BCUT2D eigenvalue weighted by atomic mass is 9.97. The third-order valence-electron chi connectivity index (χ3n) is 2.63. The van der Waals surface area contributed by atoms with Crippen molar-refractivity contribution >= 4 is 28.5 Å². The van der Waals surface area contributed by atoms with E-state index in [1.54, 1.807) is 0 Å². The minimum Gasteiger partial charge on any atom is -0.478 e. The van der Waals surface area contributed by atoms with E-state index in [4.69, 9.17) is 5.11 Å². The minimum absolute atomic E-state index is 0.207. The van der Waals surface area contributed by atoms with Crippen molar-refractivity contribution in [1.29, 1.82) is 0 Å². The normalized spacial score (nSPS) is 13.5. The first-order chi connectivity index (χ1) is 9.75. The maximum atomic E-state index is 11.1. The van der Waals surface area contributed by atoms with Gasteiger partial charge in [0.05, 0.1) is 22.2 Å². The van der Waals surface area contributed by atoms with Gasteiger partial charge >= 0.3 is 5.97 Å². The van der Waals surface area contributed by atoms with Crippen LogP contribution in [0.15, 0.2) is 18.2 Å². The number of benzene rings is 1. The van der Waals surface area contributed by atoms with Crippen molar-refractivity contribution in [2.75, 3.05) is 5.75 Å². The lowest BCUT2D eigenvalue weighted by Crippen LogP contribution is -2.24. The number of nitrogens with zero attached hydrogens (tertiary/aromatic N) is 1. The van der Waals surface area contributed by atoms with Gasteiger partial charge in [-0.2, -0.15) is 0 Å². The third-order valence-corrected chi connectivity index (χ3v) is 3.54. The maximum Gasteiger partial charge on any atom is 0.336 e. The molecular formula is C12H13NO7S. The lowest BCUT2D eigenvalue weighted by Gasteiger charge is -2.18. The molecule has 1 aromatic rings. The molecule has 114 valence electrons. The molecule has 0 amide bonds. The molecule has 0 aliphatic carbocycles. The smallest absolute Gasteiger partial charge is 0.336 e. The molecule has 0 radical (unpaired) electrons. The summed E-state index contributed by atoms with van der Waals surface area (Å²) in [6.45, 7) is 1.26. The number of carbonyl (C=O) groups excluding carboxylic acids is 1. The number of rotatable bonds is 6. The number of nitro benzene ring substituents is 1. The molecule has 1 rings (SSSR count). The van der Waals surface area contributed by atoms with Crippen LogP contribution >= 0.6 is 11.8 Å². The molecule has 0 saturated carbocycles. The van der Waals surface area contributed by atoms with Crippen molar-refractivity contribution in [3.8, 4) is 0 Å². The Morgan fingerprint density at radius 2 is 2.00 bits per heavy atom. The second-order valence-electron chi connectivity index (χ2n) is 4.12. The first-order valence-corrected chi connectivity index (χ1v) is 6.74. The van der Waals surface area contributed by atoms with E-state index in [1.165, 1.54) is 13.0 Å². The van der Waals surface area contributed by atoms with Gasteiger partial charge in [-0.1, -0.05) is 17.8 Å². The SMILES string of the molecule is CC(=O)SCC(O)C(O)c1c(C(=O)O)cccc1[N+](=O)[O-]. The number of aliphatic hydroxyl groups is 2. The lowest BCUT2D eigenvalue weighted by molar-refractivity contribution is -0.386. The summed E-state index contributed by atoms with van der Waals surface area (Å²) in [5, 5.41) is 39.5. The third kappa shape index (κ3) is 4.25. The van der Waals surface area contributed by atoms with E-state index in [9.17, 15) is 29.9 Å². The van der Waals surface area contributed by atoms with Crippen LogP contribution in [0.3, 0.4) is 0 Å². The number of carboxylic acid groups (broad SMARTS) is 1. The second kappa shape index (κ2) is 7.16. The fourth-order valence-electron chi connectivity index (χ4n) is 1.70. The Labute approximate surface area is 123 Å². The monoisotopic (exact) mass is 315 g/mol. The molecule has 2 atom stereocenters. The van der Waals surface area contributed by atoms with E-state index in [0.29, 0.717) is 0 Å². The van der Waals surface area contributed by atoms with Crippen molar-refractivity contribution < 1.29 is 29.8 Å². The van der Waals surface area contributed by atoms with E-state index in [-0.39, 0.29) is 10.9 Å². The molecule has 0 aromatic heterocycles. The van der Waals surface area contributed by atoms with Crippen molar-refractivity contribution in [2.45, 2.75) is 19.1 Å². The average molecular weight is 315 g/mol. The number of carboxylic acids is 1. The van der Waals surface area contributed by atoms with Gasteiger partial charge in [0.1, 0.15) is 6.10 Å². The van der Waals surface area contributed by atoms with Gasteiger partial charge in [-0.15, -0.1) is 0 Å². The molecule has 9 heteroatoms. The highest BCUT2D eigenvalue weighted by molar-refractivity contribution is 8.13. The van der Waals surface area contributed by atoms with Crippen LogP contribution in [-0.2, 0) is 4.79 Å². The second-order valence-corrected chi connectivity index (χ2v) is 5.31. The van der Waals surface area contributed by atoms with E-state index in [0.717, 1.165) is 23.9 Å². The van der Waals surface area contributed by atoms with E-state index >= 15 is 0 Å². The fraction of sp³-hybridized carbons (Fsp3) is 0.333. The highest BCUT2D eigenvalue weighted by Crippen LogP contribution is 2.31. The largest absolute Gasteiger partial charge is 0.478 e. The first kappa shape index (κ1) is 17.1. The summed E-state index contributed by atoms with van der Waals surface area (Å²) in [6.07, 6.45) is -3.30. The molecule has 0 spiro atoms. The zero-order valence-corrected chi connectivity index (χ0v) is 11.7. The van der Waals surface area contributed by atoms with E-state index in [1.807, 2.05) is 0 Å². The fourth-order valence-corrected chi connectivity index (χ4v) is 2.28. The highest BCUT2D eigenvalue weighted by atomic mass is 32.2. The molecule has 0 heterocycles. The summed E-state index contributed by atoms with van der Waals surface area (Å²) in [7, 11) is 0. The van der Waals surface area contributed by atoms with Crippen molar-refractivity contribution in [3.05, 3.63) is 39.4 Å². The molecular weight excluding hydrogens is 302 g/mol. The predicted molar refractivity (Wildman–Crippen MR) is 74.2 cm³/mol. The van der Waals surface area contributed by atoms with Crippen LogP contribution in [0.1, 0.15) is 28.9 Å². The van der Waals surface area contributed by atoms with Crippen LogP contribution in [0.4, 0.5) is 5.69 Å². The first-order valence-electron chi connectivity index (χ1n) is 5.75. The van der Waals surface area contributed by atoms with Crippen LogP contribution in [0, 0.1) is 10.1 Å². The Bertz CT molecular complexity index is 542. The number of carbonyl (C=O) groups is 2. The standard InChI is InChI=1S/C12H13NO7S/c1-6(14)21-5-9(15)11(16)10-7(12(17)18)3-2-4-8(10)13(19)20/h2-4,9,11,15-16H,5H2,1H3,(H,17,18). The molecule has 2 unspecified atom stereocenters. The zero-order chi connectivity index (χ0) is 16.2. The summed E-state index contributed by atoms with van der Waals surface area (Å²) in [4.78, 5) is 32.1. The molecule has 0 aliphatic heterocycles. The molecule has 0 bridgehead atoms. The van der Waals surface area contributed by atoms with Crippen LogP contribution in [-0.4, -0.2) is 43.2 Å². The van der Waals surface area contributed by atoms with Gasteiger partial charge in [0.25, 0.3) is 5.69 Å². The summed E-state index contributed by atoms with van der Waals surface area (Å²) in [5.41, 5.74) is -1.55. The number of thioether (sulfide) groups is 1. The summed E-state index contributed by atoms with van der Waals surface area (Å²) < 4.78 is 0.